The van der Waals surface area contributed by atoms with Crippen LogP contribution in [0.15, 0.2) is 24.3 Å². The van der Waals surface area contributed by atoms with Gasteiger partial charge in [0.25, 0.3) is 0 Å². The van der Waals surface area contributed by atoms with Crippen molar-refractivity contribution in [3.05, 3.63) is 29.8 Å². The Morgan fingerprint density at radius 3 is 2.91 bits per heavy atom. The number of quaternary nitrogens is 1. The zero-order valence-electron chi connectivity index (χ0n) is 6.84. The molecule has 0 heterocycles. The van der Waals surface area contributed by atoms with Crippen LogP contribution in [0.1, 0.15) is 5.56 Å². The molecule has 0 fully saturated rings. The number of ether oxygens (including phenoxy) is 1. The van der Waals surface area contributed by atoms with Crippen LogP contribution in [0.3, 0.4) is 0 Å². The lowest BCUT2D eigenvalue weighted by Crippen LogP contribution is -2.51. The van der Waals surface area contributed by atoms with Crippen LogP contribution >= 0.6 is 0 Å². The fourth-order valence-electron chi connectivity index (χ4n) is 1.03. The van der Waals surface area contributed by atoms with Crippen LogP contribution in [0.2, 0.25) is 0 Å². The molecule has 3 N–H and O–H groups in total. The van der Waals surface area contributed by atoms with E-state index in [-0.39, 0.29) is 0 Å². The van der Waals surface area contributed by atoms with E-state index in [2.05, 4.69) is 11.8 Å². The lowest BCUT2D eigenvalue weighted by Gasteiger charge is -2.01. The Kier molecular flexibility index (Phi) is 2.93. The number of benzene rings is 1. The molecular formula is C9H14NO+. The molecule has 0 aliphatic rings. The maximum Gasteiger partial charge on any atom is 0.119 e. The molecule has 2 heteroatoms. The topological polar surface area (TPSA) is 36.9 Å². The molecule has 0 atom stereocenters. The first-order valence-corrected chi connectivity index (χ1v) is 3.79. The molecule has 1 rings (SSSR count). The van der Waals surface area contributed by atoms with Crippen molar-refractivity contribution in [1.82, 2.24) is 0 Å². The van der Waals surface area contributed by atoms with Crippen LogP contribution in [0.25, 0.3) is 0 Å². The summed E-state index contributed by atoms with van der Waals surface area (Å²) in [6.45, 7) is 0.938. The van der Waals surface area contributed by atoms with E-state index in [0.29, 0.717) is 0 Å². The van der Waals surface area contributed by atoms with Gasteiger partial charge in [0.1, 0.15) is 5.75 Å². The summed E-state index contributed by atoms with van der Waals surface area (Å²) >= 11 is 0. The molecule has 11 heavy (non-hydrogen) atoms. The molecular weight excluding hydrogens is 138 g/mol. The number of rotatable bonds is 3. The van der Waals surface area contributed by atoms with Crippen molar-refractivity contribution in [3.8, 4) is 5.75 Å². The highest BCUT2D eigenvalue weighted by molar-refractivity contribution is 5.28. The van der Waals surface area contributed by atoms with E-state index in [0.717, 1.165) is 18.7 Å². The van der Waals surface area contributed by atoms with Gasteiger partial charge in [-0.05, 0) is 17.7 Å². The molecule has 0 radical (unpaired) electrons. The molecule has 60 valence electrons. The predicted octanol–water partition coefficient (Wildman–Crippen LogP) is 0.480. The quantitative estimate of drug-likeness (QED) is 0.672. The molecule has 0 unspecified atom stereocenters. The first kappa shape index (κ1) is 8.08. The molecule has 2 nitrogen and oxygen atoms in total. The lowest BCUT2D eigenvalue weighted by molar-refractivity contribution is -0.366. The van der Waals surface area contributed by atoms with E-state index in [9.17, 15) is 0 Å². The van der Waals surface area contributed by atoms with Crippen LogP contribution in [0, 0.1) is 0 Å². The Labute approximate surface area is 67.0 Å². The fraction of sp³-hybridized carbons (Fsp3) is 0.333. The normalized spacial score (nSPS) is 9.64. The third-order valence-electron chi connectivity index (χ3n) is 1.60. The van der Waals surface area contributed by atoms with Crippen LogP contribution in [-0.2, 0) is 6.42 Å². The van der Waals surface area contributed by atoms with Gasteiger partial charge in [-0.1, -0.05) is 12.1 Å². The summed E-state index contributed by atoms with van der Waals surface area (Å²) in [6.07, 6.45) is 1.02. The summed E-state index contributed by atoms with van der Waals surface area (Å²) in [7, 11) is 1.68. The molecule has 1 aromatic rings. The van der Waals surface area contributed by atoms with Crippen LogP contribution in [0.5, 0.6) is 5.75 Å². The third-order valence-corrected chi connectivity index (χ3v) is 1.60. The summed E-state index contributed by atoms with van der Waals surface area (Å²) in [5.74, 6) is 0.927. The van der Waals surface area contributed by atoms with Crippen molar-refractivity contribution < 1.29 is 10.5 Å². The van der Waals surface area contributed by atoms with Crippen LogP contribution < -0.4 is 10.5 Å². The van der Waals surface area contributed by atoms with Gasteiger partial charge in [-0.2, -0.15) is 0 Å². The molecule has 0 aliphatic heterocycles. The average molecular weight is 152 g/mol. The van der Waals surface area contributed by atoms with Gasteiger partial charge in [0.05, 0.1) is 13.7 Å². The zero-order chi connectivity index (χ0) is 8.10. The Balaban J connectivity index is 2.74. The summed E-state index contributed by atoms with van der Waals surface area (Å²) in [5, 5.41) is 0. The Hall–Kier alpha value is -1.02. The molecule has 0 aromatic heterocycles. The van der Waals surface area contributed by atoms with Crippen LogP contribution in [0.4, 0.5) is 0 Å². The van der Waals surface area contributed by atoms with Crippen molar-refractivity contribution in [2.75, 3.05) is 13.7 Å². The molecule has 0 spiro atoms. The standard InChI is InChI=1S/C9H13NO/c1-11-9-4-2-3-8(7-9)5-6-10/h2-4,7H,5-6,10H2,1H3/p+1. The van der Waals surface area contributed by atoms with E-state index < -0.39 is 0 Å². The summed E-state index contributed by atoms with van der Waals surface area (Å²) in [4.78, 5) is 0. The van der Waals surface area contributed by atoms with E-state index in [1.807, 2.05) is 18.2 Å². The van der Waals surface area contributed by atoms with Gasteiger partial charge in [0.2, 0.25) is 0 Å². The third kappa shape index (κ3) is 2.24. The second-order valence-corrected chi connectivity index (χ2v) is 2.46. The molecule has 0 aliphatic carbocycles. The minimum Gasteiger partial charge on any atom is -0.497 e. The van der Waals surface area contributed by atoms with Gasteiger partial charge < -0.3 is 10.5 Å². The summed E-state index contributed by atoms with van der Waals surface area (Å²) < 4.78 is 5.08. The van der Waals surface area contributed by atoms with Gasteiger partial charge in [-0.25, -0.2) is 0 Å². The van der Waals surface area contributed by atoms with Crippen molar-refractivity contribution in [1.29, 1.82) is 0 Å². The van der Waals surface area contributed by atoms with Gasteiger partial charge in [-0.15, -0.1) is 0 Å². The summed E-state index contributed by atoms with van der Waals surface area (Å²) in [5.41, 5.74) is 5.09. The van der Waals surface area contributed by atoms with Gasteiger partial charge in [0, 0.05) is 6.42 Å². The maximum atomic E-state index is 5.08. The van der Waals surface area contributed by atoms with Gasteiger partial charge in [0.15, 0.2) is 0 Å². The van der Waals surface area contributed by atoms with Crippen molar-refractivity contribution in [2.45, 2.75) is 6.42 Å². The van der Waals surface area contributed by atoms with E-state index in [1.54, 1.807) is 7.11 Å². The second kappa shape index (κ2) is 3.98. The van der Waals surface area contributed by atoms with Gasteiger partial charge in [-0.3, -0.25) is 0 Å². The number of methoxy groups -OCH3 is 1. The molecule has 0 saturated carbocycles. The minimum atomic E-state index is 0.927. The lowest BCUT2D eigenvalue weighted by atomic mass is 10.1. The maximum absolute atomic E-state index is 5.08. The molecule has 0 saturated heterocycles. The Morgan fingerprint density at radius 2 is 2.27 bits per heavy atom. The Bertz CT molecular complexity index is 223. The SMILES string of the molecule is COc1cccc(CC[NH3+])c1. The fourth-order valence-corrected chi connectivity index (χ4v) is 1.03. The van der Waals surface area contributed by atoms with E-state index in [4.69, 9.17) is 4.74 Å². The molecule has 1 aromatic carbocycles. The molecule has 0 amide bonds. The smallest absolute Gasteiger partial charge is 0.119 e. The highest BCUT2D eigenvalue weighted by atomic mass is 16.5. The number of hydrogen-bond acceptors (Lipinski definition) is 1. The second-order valence-electron chi connectivity index (χ2n) is 2.46. The largest absolute Gasteiger partial charge is 0.497 e. The van der Waals surface area contributed by atoms with Crippen molar-refractivity contribution in [2.24, 2.45) is 0 Å². The van der Waals surface area contributed by atoms with Crippen LogP contribution in [-0.4, -0.2) is 13.7 Å². The monoisotopic (exact) mass is 152 g/mol. The average Bonchev–Trinajstić information content (AvgIpc) is 2.06. The highest BCUT2D eigenvalue weighted by Gasteiger charge is 1.93. The minimum absolute atomic E-state index is 0.927. The number of hydrogen-bond donors (Lipinski definition) is 1. The van der Waals surface area contributed by atoms with Crippen molar-refractivity contribution in [3.63, 3.8) is 0 Å². The zero-order valence-corrected chi connectivity index (χ0v) is 6.84. The van der Waals surface area contributed by atoms with Gasteiger partial charge >= 0.3 is 0 Å². The Morgan fingerprint density at radius 1 is 1.45 bits per heavy atom. The van der Waals surface area contributed by atoms with E-state index >= 15 is 0 Å². The van der Waals surface area contributed by atoms with Crippen molar-refractivity contribution >= 4 is 0 Å². The predicted molar refractivity (Wildman–Crippen MR) is 44.5 cm³/mol. The first-order chi connectivity index (χ1) is 5.36. The highest BCUT2D eigenvalue weighted by Crippen LogP contribution is 2.11. The molecule has 0 bridgehead atoms. The summed E-state index contributed by atoms with van der Waals surface area (Å²) in [6, 6.07) is 8.09. The first-order valence-electron chi connectivity index (χ1n) is 3.79. The van der Waals surface area contributed by atoms with E-state index in [1.165, 1.54) is 5.56 Å².